The highest BCUT2D eigenvalue weighted by atomic mass is 16.5. The molecule has 1 aliphatic carbocycles. The average Bonchev–Trinajstić information content (AvgIpc) is 3.09. The summed E-state index contributed by atoms with van der Waals surface area (Å²) in [5, 5.41) is 3.35. The molecule has 1 saturated carbocycles. The lowest BCUT2D eigenvalue weighted by atomic mass is 10.2. The fraction of sp³-hybridized carbons (Fsp3) is 0.636. The number of rotatable bonds is 6. The van der Waals surface area contributed by atoms with Crippen LogP contribution in [0.2, 0.25) is 0 Å². The fourth-order valence-corrected chi connectivity index (χ4v) is 1.68. The highest BCUT2D eigenvalue weighted by molar-refractivity contribution is 5.44. The maximum Gasteiger partial charge on any atom is 0.222 e. The second kappa shape index (κ2) is 5.12. The predicted octanol–water partition coefficient (Wildman–Crippen LogP) is 0.957. The van der Waals surface area contributed by atoms with Crippen molar-refractivity contribution < 1.29 is 4.74 Å². The Hall–Kier alpha value is -1.36. The van der Waals surface area contributed by atoms with E-state index in [4.69, 9.17) is 10.5 Å². The quantitative estimate of drug-likeness (QED) is 0.701. The largest absolute Gasteiger partial charge is 0.481 e. The summed E-state index contributed by atoms with van der Waals surface area (Å²) in [6, 6.07) is 0. The van der Waals surface area contributed by atoms with Crippen LogP contribution in [0, 0.1) is 5.92 Å². The number of nitrogens with two attached hydrogens (primary N) is 1. The summed E-state index contributed by atoms with van der Waals surface area (Å²) in [6.07, 6.45) is 5.45. The molecule has 1 aliphatic rings. The molecule has 0 spiro atoms. The normalized spacial score (nSPS) is 15.1. The molecule has 1 fully saturated rings. The minimum atomic E-state index is 0.491. The second-order valence-corrected chi connectivity index (χ2v) is 4.16. The number of hydrogen-bond acceptors (Lipinski definition) is 5. The average molecular weight is 222 g/mol. The Kier molecular flexibility index (Phi) is 3.56. The molecule has 1 heterocycles. The van der Waals surface area contributed by atoms with Crippen molar-refractivity contribution in [2.75, 3.05) is 19.4 Å². The molecule has 5 nitrogen and oxygen atoms in total. The van der Waals surface area contributed by atoms with Gasteiger partial charge in [-0.05, 0) is 18.9 Å². The smallest absolute Gasteiger partial charge is 0.222 e. The molecule has 0 aliphatic heterocycles. The molecule has 2 rings (SSSR count). The number of nitrogens with one attached hydrogen (secondary N) is 1. The van der Waals surface area contributed by atoms with Crippen molar-refractivity contribution in [2.45, 2.75) is 25.8 Å². The zero-order valence-electron chi connectivity index (χ0n) is 9.57. The van der Waals surface area contributed by atoms with Crippen LogP contribution in [0.25, 0.3) is 0 Å². The van der Waals surface area contributed by atoms with Crippen molar-refractivity contribution in [2.24, 2.45) is 5.92 Å². The van der Waals surface area contributed by atoms with Crippen LogP contribution >= 0.6 is 0 Å². The van der Waals surface area contributed by atoms with Gasteiger partial charge in [-0.2, -0.15) is 0 Å². The van der Waals surface area contributed by atoms with Gasteiger partial charge in [-0.15, -0.1) is 0 Å². The van der Waals surface area contributed by atoms with Gasteiger partial charge in [0.15, 0.2) is 0 Å². The Morgan fingerprint density at radius 3 is 3.00 bits per heavy atom. The SMILES string of the molecule is COc1ncnc(N)c1CNCCC1CC1. The molecular formula is C11H18N4O. The van der Waals surface area contributed by atoms with Gasteiger partial charge in [0.2, 0.25) is 5.88 Å². The Morgan fingerprint density at radius 2 is 2.31 bits per heavy atom. The first kappa shape index (κ1) is 11.1. The fourth-order valence-electron chi connectivity index (χ4n) is 1.68. The molecule has 5 heteroatoms. The first-order valence-corrected chi connectivity index (χ1v) is 5.65. The summed E-state index contributed by atoms with van der Waals surface area (Å²) in [4.78, 5) is 7.99. The molecule has 0 atom stereocenters. The highest BCUT2D eigenvalue weighted by Crippen LogP contribution is 2.31. The van der Waals surface area contributed by atoms with Crippen LogP contribution in [-0.4, -0.2) is 23.6 Å². The highest BCUT2D eigenvalue weighted by Gasteiger charge is 2.20. The molecule has 0 amide bonds. The lowest BCUT2D eigenvalue weighted by Crippen LogP contribution is -2.17. The van der Waals surface area contributed by atoms with Gasteiger partial charge < -0.3 is 15.8 Å². The van der Waals surface area contributed by atoms with Gasteiger partial charge in [-0.1, -0.05) is 12.8 Å². The number of ether oxygens (including phenoxy) is 1. The van der Waals surface area contributed by atoms with Crippen LogP contribution in [0.5, 0.6) is 5.88 Å². The number of methoxy groups -OCH3 is 1. The van der Waals surface area contributed by atoms with E-state index in [1.54, 1.807) is 7.11 Å². The maximum absolute atomic E-state index is 5.78. The zero-order valence-corrected chi connectivity index (χ0v) is 9.57. The van der Waals surface area contributed by atoms with E-state index in [9.17, 15) is 0 Å². The van der Waals surface area contributed by atoms with Gasteiger partial charge in [0.1, 0.15) is 12.1 Å². The molecule has 16 heavy (non-hydrogen) atoms. The number of nitrogens with zero attached hydrogens (tertiary/aromatic N) is 2. The van der Waals surface area contributed by atoms with Crippen LogP contribution < -0.4 is 15.8 Å². The van der Waals surface area contributed by atoms with E-state index >= 15 is 0 Å². The van der Waals surface area contributed by atoms with Gasteiger partial charge in [0.25, 0.3) is 0 Å². The minimum absolute atomic E-state index is 0.491. The molecule has 0 bridgehead atoms. The third-order valence-electron chi connectivity index (χ3n) is 2.86. The van der Waals surface area contributed by atoms with E-state index in [0.717, 1.165) is 18.0 Å². The molecule has 0 aromatic carbocycles. The molecule has 0 saturated heterocycles. The van der Waals surface area contributed by atoms with Crippen LogP contribution in [0.3, 0.4) is 0 Å². The summed E-state index contributed by atoms with van der Waals surface area (Å²) in [5.41, 5.74) is 6.63. The van der Waals surface area contributed by atoms with E-state index in [0.29, 0.717) is 18.2 Å². The van der Waals surface area contributed by atoms with Gasteiger partial charge in [0.05, 0.1) is 12.7 Å². The van der Waals surface area contributed by atoms with Crippen molar-refractivity contribution in [3.05, 3.63) is 11.9 Å². The predicted molar refractivity (Wildman–Crippen MR) is 62.0 cm³/mol. The maximum atomic E-state index is 5.78. The standard InChI is InChI=1S/C11H18N4O/c1-16-11-9(10(12)14-7-15-11)6-13-5-4-8-2-3-8/h7-8,13H,2-6H2,1H3,(H2,12,14,15). The number of nitrogen functional groups attached to an aromatic ring is 1. The topological polar surface area (TPSA) is 73.1 Å². The van der Waals surface area contributed by atoms with Crippen LogP contribution in [0.1, 0.15) is 24.8 Å². The Balaban J connectivity index is 1.86. The van der Waals surface area contributed by atoms with Crippen molar-refractivity contribution in [3.8, 4) is 5.88 Å². The molecule has 88 valence electrons. The summed E-state index contributed by atoms with van der Waals surface area (Å²) in [7, 11) is 1.59. The van der Waals surface area contributed by atoms with Gasteiger partial charge in [0, 0.05) is 6.54 Å². The Labute approximate surface area is 95.4 Å². The van der Waals surface area contributed by atoms with Crippen LogP contribution in [-0.2, 0) is 6.54 Å². The summed E-state index contributed by atoms with van der Waals surface area (Å²) >= 11 is 0. The first-order chi connectivity index (χ1) is 7.81. The van der Waals surface area contributed by atoms with E-state index in [1.165, 1.54) is 25.6 Å². The summed E-state index contributed by atoms with van der Waals surface area (Å²) in [5.74, 6) is 2.00. The number of hydrogen-bond donors (Lipinski definition) is 2. The van der Waals surface area contributed by atoms with Crippen LogP contribution in [0.4, 0.5) is 5.82 Å². The third-order valence-corrected chi connectivity index (χ3v) is 2.86. The van der Waals surface area contributed by atoms with Crippen molar-refractivity contribution in [1.29, 1.82) is 0 Å². The number of aromatic nitrogens is 2. The molecule has 1 aromatic rings. The third kappa shape index (κ3) is 2.82. The molecule has 0 unspecified atom stereocenters. The molecule has 3 N–H and O–H groups in total. The lowest BCUT2D eigenvalue weighted by molar-refractivity contribution is 0.389. The van der Waals surface area contributed by atoms with E-state index in [2.05, 4.69) is 15.3 Å². The van der Waals surface area contributed by atoms with Crippen molar-refractivity contribution in [1.82, 2.24) is 15.3 Å². The second-order valence-electron chi connectivity index (χ2n) is 4.16. The molecule has 0 radical (unpaired) electrons. The van der Waals surface area contributed by atoms with Crippen LogP contribution in [0.15, 0.2) is 6.33 Å². The first-order valence-electron chi connectivity index (χ1n) is 5.65. The van der Waals surface area contributed by atoms with E-state index < -0.39 is 0 Å². The number of anilines is 1. The lowest BCUT2D eigenvalue weighted by Gasteiger charge is -2.09. The Morgan fingerprint density at radius 1 is 1.50 bits per heavy atom. The van der Waals surface area contributed by atoms with E-state index in [-0.39, 0.29) is 0 Å². The zero-order chi connectivity index (χ0) is 11.4. The van der Waals surface area contributed by atoms with Crippen molar-refractivity contribution in [3.63, 3.8) is 0 Å². The summed E-state index contributed by atoms with van der Waals surface area (Å²) < 4.78 is 5.15. The summed E-state index contributed by atoms with van der Waals surface area (Å²) in [6.45, 7) is 1.69. The van der Waals surface area contributed by atoms with Gasteiger partial charge in [-0.25, -0.2) is 9.97 Å². The molecule has 1 aromatic heterocycles. The molecular weight excluding hydrogens is 204 g/mol. The van der Waals surface area contributed by atoms with Gasteiger partial charge >= 0.3 is 0 Å². The van der Waals surface area contributed by atoms with Gasteiger partial charge in [-0.3, -0.25) is 0 Å². The monoisotopic (exact) mass is 222 g/mol. The Bertz CT molecular complexity index is 352. The van der Waals surface area contributed by atoms with E-state index in [1.807, 2.05) is 0 Å². The van der Waals surface area contributed by atoms with Crippen molar-refractivity contribution >= 4 is 5.82 Å². The minimum Gasteiger partial charge on any atom is -0.481 e.